The molecule has 100 valence electrons. The van der Waals surface area contributed by atoms with E-state index in [2.05, 4.69) is 6.07 Å². The number of nitrogens with zero attached hydrogens (tertiary/aromatic N) is 2. The van der Waals surface area contributed by atoms with E-state index in [9.17, 15) is 4.79 Å². The Kier molecular flexibility index (Phi) is 4.39. The molecule has 20 heavy (non-hydrogen) atoms. The number of anilines is 1. The molecule has 0 N–H and O–H groups in total. The van der Waals surface area contributed by atoms with Crippen molar-refractivity contribution in [2.75, 3.05) is 11.9 Å². The fourth-order valence-electron chi connectivity index (χ4n) is 2.05. The molecule has 0 bridgehead atoms. The van der Waals surface area contributed by atoms with Crippen LogP contribution in [0.3, 0.4) is 0 Å². The summed E-state index contributed by atoms with van der Waals surface area (Å²) in [7, 11) is 1.89. The second kappa shape index (κ2) is 6.23. The van der Waals surface area contributed by atoms with Crippen molar-refractivity contribution >= 4 is 23.6 Å². The van der Waals surface area contributed by atoms with Gasteiger partial charge in [-0.2, -0.15) is 5.26 Å². The minimum Gasteiger partial charge on any atom is -0.370 e. The summed E-state index contributed by atoms with van der Waals surface area (Å²) in [5, 5.41) is 9.49. The molecule has 2 rings (SSSR count). The topological polar surface area (TPSA) is 44.1 Å². The molecule has 0 aliphatic heterocycles. The van der Waals surface area contributed by atoms with Crippen LogP contribution in [0, 0.1) is 11.3 Å². The van der Waals surface area contributed by atoms with Gasteiger partial charge in [-0.3, -0.25) is 4.79 Å². The molecular formula is C16H13ClN2O. The van der Waals surface area contributed by atoms with Crippen molar-refractivity contribution in [1.82, 2.24) is 0 Å². The predicted octanol–water partition coefficient (Wildman–Crippen LogP) is 3.66. The van der Waals surface area contributed by atoms with Crippen molar-refractivity contribution in [3.63, 3.8) is 0 Å². The molecule has 0 saturated carbocycles. The molecule has 0 heterocycles. The summed E-state index contributed by atoms with van der Waals surface area (Å²) >= 11 is 5.98. The zero-order valence-corrected chi connectivity index (χ0v) is 11.8. The van der Waals surface area contributed by atoms with E-state index < -0.39 is 0 Å². The summed E-state index contributed by atoms with van der Waals surface area (Å²) in [4.78, 5) is 13.0. The van der Waals surface area contributed by atoms with Crippen LogP contribution in [0.4, 0.5) is 5.69 Å². The Morgan fingerprint density at radius 3 is 2.80 bits per heavy atom. The highest BCUT2D eigenvalue weighted by Crippen LogP contribution is 2.24. The van der Waals surface area contributed by atoms with Gasteiger partial charge in [-0.05, 0) is 35.9 Å². The first kappa shape index (κ1) is 14.1. The highest BCUT2D eigenvalue weighted by atomic mass is 35.5. The molecule has 0 radical (unpaired) electrons. The molecule has 0 aliphatic carbocycles. The van der Waals surface area contributed by atoms with Crippen LogP contribution in [0.15, 0.2) is 42.5 Å². The van der Waals surface area contributed by atoms with E-state index in [1.165, 1.54) is 0 Å². The molecule has 0 fully saturated rings. The number of benzene rings is 2. The van der Waals surface area contributed by atoms with E-state index >= 15 is 0 Å². The number of halogens is 1. The van der Waals surface area contributed by atoms with E-state index in [0.29, 0.717) is 22.7 Å². The van der Waals surface area contributed by atoms with Gasteiger partial charge in [-0.25, -0.2) is 0 Å². The van der Waals surface area contributed by atoms with Crippen molar-refractivity contribution in [3.05, 3.63) is 64.2 Å². The van der Waals surface area contributed by atoms with Gasteiger partial charge in [-0.15, -0.1) is 0 Å². The van der Waals surface area contributed by atoms with Crippen LogP contribution < -0.4 is 4.90 Å². The first-order chi connectivity index (χ1) is 9.63. The summed E-state index contributed by atoms with van der Waals surface area (Å²) in [5.74, 6) is 0. The van der Waals surface area contributed by atoms with Gasteiger partial charge < -0.3 is 4.90 Å². The summed E-state index contributed by atoms with van der Waals surface area (Å²) in [6, 6.07) is 14.7. The van der Waals surface area contributed by atoms with Gasteiger partial charge in [0.25, 0.3) is 0 Å². The molecule has 2 aromatic rings. The van der Waals surface area contributed by atoms with Gasteiger partial charge in [0.15, 0.2) is 6.29 Å². The lowest BCUT2D eigenvalue weighted by Crippen LogP contribution is -2.18. The summed E-state index contributed by atoms with van der Waals surface area (Å²) in [5.41, 5.74) is 2.99. The molecule has 2 aromatic carbocycles. The average molecular weight is 285 g/mol. The average Bonchev–Trinajstić information content (AvgIpc) is 2.47. The SMILES string of the molecule is CN(Cc1cccc(C#N)c1)c1cc(Cl)ccc1C=O. The van der Waals surface area contributed by atoms with Gasteiger partial charge in [0.1, 0.15) is 0 Å². The van der Waals surface area contributed by atoms with E-state index in [4.69, 9.17) is 16.9 Å². The largest absolute Gasteiger partial charge is 0.370 e. The van der Waals surface area contributed by atoms with Crippen LogP contribution in [-0.2, 0) is 6.54 Å². The lowest BCUT2D eigenvalue weighted by Gasteiger charge is -2.21. The molecule has 0 spiro atoms. The van der Waals surface area contributed by atoms with Crippen LogP contribution in [-0.4, -0.2) is 13.3 Å². The van der Waals surface area contributed by atoms with Crippen molar-refractivity contribution in [3.8, 4) is 6.07 Å². The smallest absolute Gasteiger partial charge is 0.152 e. The number of aldehydes is 1. The predicted molar refractivity (Wildman–Crippen MR) is 80.1 cm³/mol. The Balaban J connectivity index is 2.28. The number of rotatable bonds is 4. The van der Waals surface area contributed by atoms with Gasteiger partial charge in [-0.1, -0.05) is 23.7 Å². The van der Waals surface area contributed by atoms with Crippen LogP contribution in [0.2, 0.25) is 5.02 Å². The van der Waals surface area contributed by atoms with E-state index in [1.807, 2.05) is 30.1 Å². The quantitative estimate of drug-likeness (QED) is 0.805. The first-order valence-electron chi connectivity index (χ1n) is 6.09. The third-order valence-corrected chi connectivity index (χ3v) is 3.24. The van der Waals surface area contributed by atoms with Gasteiger partial charge in [0, 0.05) is 29.9 Å². The first-order valence-corrected chi connectivity index (χ1v) is 6.46. The van der Waals surface area contributed by atoms with Crippen molar-refractivity contribution < 1.29 is 4.79 Å². The maximum atomic E-state index is 11.1. The molecule has 0 amide bonds. The zero-order valence-electron chi connectivity index (χ0n) is 11.0. The highest BCUT2D eigenvalue weighted by molar-refractivity contribution is 6.31. The normalized spacial score (nSPS) is 9.85. The number of hydrogen-bond donors (Lipinski definition) is 0. The second-order valence-corrected chi connectivity index (χ2v) is 4.93. The Morgan fingerprint density at radius 2 is 2.10 bits per heavy atom. The number of nitriles is 1. The molecule has 0 aliphatic rings. The molecule has 4 heteroatoms. The summed E-state index contributed by atoms with van der Waals surface area (Å²) < 4.78 is 0. The van der Waals surface area contributed by atoms with Crippen LogP contribution in [0.25, 0.3) is 0 Å². The van der Waals surface area contributed by atoms with Crippen molar-refractivity contribution in [2.45, 2.75) is 6.54 Å². The molecule has 0 saturated heterocycles. The maximum absolute atomic E-state index is 11.1. The van der Waals surface area contributed by atoms with Crippen molar-refractivity contribution in [1.29, 1.82) is 5.26 Å². The van der Waals surface area contributed by atoms with Crippen LogP contribution in [0.5, 0.6) is 0 Å². The fraction of sp³-hybridized carbons (Fsp3) is 0.125. The zero-order chi connectivity index (χ0) is 14.5. The van der Waals surface area contributed by atoms with Crippen LogP contribution in [0.1, 0.15) is 21.5 Å². The van der Waals surface area contributed by atoms with Gasteiger partial charge in [0.2, 0.25) is 0 Å². The second-order valence-electron chi connectivity index (χ2n) is 4.49. The summed E-state index contributed by atoms with van der Waals surface area (Å²) in [6.07, 6.45) is 0.813. The molecule has 3 nitrogen and oxygen atoms in total. The lowest BCUT2D eigenvalue weighted by atomic mass is 10.1. The lowest BCUT2D eigenvalue weighted by molar-refractivity contribution is 0.112. The van der Waals surface area contributed by atoms with Gasteiger partial charge >= 0.3 is 0 Å². The van der Waals surface area contributed by atoms with E-state index in [-0.39, 0.29) is 0 Å². The minimum atomic E-state index is 0.586. The van der Waals surface area contributed by atoms with E-state index in [1.54, 1.807) is 24.3 Å². The third kappa shape index (κ3) is 3.17. The molecular weight excluding hydrogens is 272 g/mol. The van der Waals surface area contributed by atoms with Crippen LogP contribution >= 0.6 is 11.6 Å². The fourth-order valence-corrected chi connectivity index (χ4v) is 2.21. The van der Waals surface area contributed by atoms with E-state index in [0.717, 1.165) is 17.5 Å². The highest BCUT2D eigenvalue weighted by Gasteiger charge is 2.09. The Labute approximate surface area is 123 Å². The van der Waals surface area contributed by atoms with Gasteiger partial charge in [0.05, 0.1) is 11.6 Å². The Morgan fingerprint density at radius 1 is 1.30 bits per heavy atom. The molecule has 0 unspecified atom stereocenters. The number of hydrogen-bond acceptors (Lipinski definition) is 3. The number of carbonyl (C=O) groups is 1. The standard InChI is InChI=1S/C16H13ClN2O/c1-19(10-13-4-2-3-12(7-13)9-18)16-8-15(17)6-5-14(16)11-20/h2-8,11H,10H2,1H3. The summed E-state index contributed by atoms with van der Waals surface area (Å²) in [6.45, 7) is 0.594. The number of carbonyl (C=O) groups excluding carboxylic acids is 1. The molecule has 0 aromatic heterocycles. The monoisotopic (exact) mass is 284 g/mol. The maximum Gasteiger partial charge on any atom is 0.152 e. The third-order valence-electron chi connectivity index (χ3n) is 3.01. The minimum absolute atomic E-state index is 0.586. The Bertz CT molecular complexity index is 676. The molecule has 0 atom stereocenters. The van der Waals surface area contributed by atoms with Crippen molar-refractivity contribution in [2.24, 2.45) is 0 Å². The Hall–Kier alpha value is -2.31.